The number of carbonyl (C=O) groups excluding carboxylic acids is 2. The average molecular weight is 424 g/mol. The second kappa shape index (κ2) is 8.68. The van der Waals surface area contributed by atoms with E-state index < -0.39 is 23.0 Å². The van der Waals surface area contributed by atoms with E-state index in [1.54, 1.807) is 12.1 Å². The van der Waals surface area contributed by atoms with Gasteiger partial charge in [0.2, 0.25) is 0 Å². The van der Waals surface area contributed by atoms with Crippen molar-refractivity contribution in [1.82, 2.24) is 0 Å². The van der Waals surface area contributed by atoms with Gasteiger partial charge in [-0.15, -0.1) is 0 Å². The summed E-state index contributed by atoms with van der Waals surface area (Å²) < 4.78 is 39.0. The number of esters is 1. The van der Waals surface area contributed by atoms with Crippen molar-refractivity contribution in [3.05, 3.63) is 94.6 Å². The minimum absolute atomic E-state index is 0.124. The molecule has 0 radical (unpaired) electrons. The van der Waals surface area contributed by atoms with Crippen molar-refractivity contribution >= 4 is 11.8 Å². The fourth-order valence-electron chi connectivity index (χ4n) is 3.19. The summed E-state index contributed by atoms with van der Waals surface area (Å²) in [6.45, 7) is 5.10. The predicted octanol–water partition coefficient (Wildman–Crippen LogP) is 5.72. The van der Waals surface area contributed by atoms with Crippen molar-refractivity contribution in [3.8, 4) is 11.5 Å². The molecule has 0 spiro atoms. The van der Waals surface area contributed by atoms with E-state index in [2.05, 4.69) is 0 Å². The Bertz CT molecular complexity index is 1130. The van der Waals surface area contributed by atoms with Gasteiger partial charge in [-0.25, -0.2) is 13.6 Å². The van der Waals surface area contributed by atoms with E-state index in [4.69, 9.17) is 9.47 Å². The van der Waals surface area contributed by atoms with Crippen LogP contribution in [0.15, 0.2) is 60.7 Å². The summed E-state index contributed by atoms with van der Waals surface area (Å²) in [7, 11) is 1.39. The molecular weight excluding hydrogens is 402 g/mol. The Morgan fingerprint density at radius 3 is 1.71 bits per heavy atom. The molecule has 0 heterocycles. The predicted molar refractivity (Wildman–Crippen MR) is 113 cm³/mol. The molecule has 4 nitrogen and oxygen atoms in total. The van der Waals surface area contributed by atoms with Crippen molar-refractivity contribution in [2.45, 2.75) is 26.2 Å². The average Bonchev–Trinajstić information content (AvgIpc) is 2.75. The van der Waals surface area contributed by atoms with E-state index in [-0.39, 0.29) is 22.8 Å². The van der Waals surface area contributed by atoms with Crippen molar-refractivity contribution in [1.29, 1.82) is 0 Å². The van der Waals surface area contributed by atoms with Crippen LogP contribution in [-0.4, -0.2) is 18.9 Å². The van der Waals surface area contributed by atoms with Gasteiger partial charge in [0.1, 0.15) is 0 Å². The van der Waals surface area contributed by atoms with Gasteiger partial charge < -0.3 is 9.47 Å². The molecule has 3 aromatic carbocycles. The monoisotopic (exact) mass is 424 g/mol. The number of rotatable bonds is 6. The number of carbonyl (C=O) groups is 2. The fraction of sp³-hybridized carbons (Fsp3) is 0.200. The minimum Gasteiger partial charge on any atom is -0.494 e. The summed E-state index contributed by atoms with van der Waals surface area (Å²) >= 11 is 0. The molecule has 0 aliphatic carbocycles. The fourth-order valence-corrected chi connectivity index (χ4v) is 3.19. The largest absolute Gasteiger partial charge is 0.494 e. The van der Waals surface area contributed by atoms with Crippen molar-refractivity contribution in [2.75, 3.05) is 7.11 Å². The summed E-state index contributed by atoms with van der Waals surface area (Å²) in [4.78, 5) is 23.7. The summed E-state index contributed by atoms with van der Waals surface area (Å²) in [5.41, 5.74) is 1.17. The number of benzene rings is 3. The first-order valence-corrected chi connectivity index (χ1v) is 9.60. The first-order valence-electron chi connectivity index (χ1n) is 9.60. The molecule has 31 heavy (non-hydrogen) atoms. The molecular formula is C25H22F2O4. The van der Waals surface area contributed by atoms with E-state index in [0.29, 0.717) is 16.7 Å². The number of Topliss-reactive ketones (excluding diaryl/α,β-unsaturated/α-hetero) is 1. The second-order valence-corrected chi connectivity index (χ2v) is 7.64. The standard InChI is InChI=1S/C25H22F2O4/c1-15(28)16-5-7-17(8-6-16)24(29)31-23-12-10-19(14-21(23)27)25(2,3)18-9-11-22(30-4)20(26)13-18/h5-14H,1-4H3. The Morgan fingerprint density at radius 2 is 1.26 bits per heavy atom. The lowest BCUT2D eigenvalue weighted by Crippen LogP contribution is -2.20. The van der Waals surface area contributed by atoms with Gasteiger partial charge in [0, 0.05) is 11.0 Å². The van der Waals surface area contributed by atoms with Crippen LogP contribution >= 0.6 is 0 Å². The molecule has 0 aromatic heterocycles. The molecule has 3 aromatic rings. The summed E-state index contributed by atoms with van der Waals surface area (Å²) in [5.74, 6) is -2.17. The Balaban J connectivity index is 1.82. The van der Waals surface area contributed by atoms with Crippen LogP contribution in [0, 0.1) is 11.6 Å². The molecule has 0 fully saturated rings. The highest BCUT2D eigenvalue weighted by atomic mass is 19.1. The molecule has 160 valence electrons. The molecule has 0 unspecified atom stereocenters. The number of methoxy groups -OCH3 is 1. The number of ketones is 1. The van der Waals surface area contributed by atoms with E-state index in [9.17, 15) is 18.4 Å². The lowest BCUT2D eigenvalue weighted by atomic mass is 9.78. The smallest absolute Gasteiger partial charge is 0.343 e. The zero-order valence-electron chi connectivity index (χ0n) is 17.7. The zero-order valence-corrected chi connectivity index (χ0v) is 17.7. The second-order valence-electron chi connectivity index (χ2n) is 7.64. The van der Waals surface area contributed by atoms with Crippen LogP contribution < -0.4 is 9.47 Å². The lowest BCUT2D eigenvalue weighted by Gasteiger charge is -2.26. The van der Waals surface area contributed by atoms with Gasteiger partial charge in [-0.3, -0.25) is 4.79 Å². The van der Waals surface area contributed by atoms with Crippen LogP contribution in [0.2, 0.25) is 0 Å². The quantitative estimate of drug-likeness (QED) is 0.288. The maximum absolute atomic E-state index is 14.7. The molecule has 0 bridgehead atoms. The molecule has 0 aliphatic rings. The van der Waals surface area contributed by atoms with Crippen LogP contribution in [-0.2, 0) is 5.41 Å². The van der Waals surface area contributed by atoms with E-state index in [1.165, 1.54) is 62.6 Å². The Kier molecular flexibility index (Phi) is 6.20. The zero-order chi connectivity index (χ0) is 22.8. The van der Waals surface area contributed by atoms with Crippen molar-refractivity contribution in [3.63, 3.8) is 0 Å². The van der Waals surface area contributed by atoms with Crippen molar-refractivity contribution < 1.29 is 27.8 Å². The third kappa shape index (κ3) is 4.63. The third-order valence-electron chi connectivity index (χ3n) is 5.26. The van der Waals surface area contributed by atoms with Crippen LogP contribution in [0.1, 0.15) is 52.6 Å². The number of halogens is 2. The summed E-state index contributed by atoms with van der Waals surface area (Å²) in [5, 5.41) is 0. The first kappa shape index (κ1) is 22.2. The summed E-state index contributed by atoms with van der Waals surface area (Å²) in [6.07, 6.45) is 0. The number of hydrogen-bond acceptors (Lipinski definition) is 4. The lowest BCUT2D eigenvalue weighted by molar-refractivity contribution is 0.0727. The number of ether oxygens (including phenoxy) is 2. The van der Waals surface area contributed by atoms with E-state index >= 15 is 0 Å². The van der Waals surface area contributed by atoms with E-state index in [0.717, 1.165) is 0 Å². The molecule has 3 rings (SSSR count). The Hall–Kier alpha value is -3.54. The molecule has 0 atom stereocenters. The molecule has 0 saturated carbocycles. The van der Waals surface area contributed by atoms with Crippen LogP contribution in [0.25, 0.3) is 0 Å². The minimum atomic E-state index is -0.738. The third-order valence-corrected chi connectivity index (χ3v) is 5.26. The summed E-state index contributed by atoms with van der Waals surface area (Å²) in [6, 6.07) is 14.8. The highest BCUT2D eigenvalue weighted by Gasteiger charge is 2.26. The van der Waals surface area contributed by atoms with Gasteiger partial charge in [0.25, 0.3) is 0 Å². The molecule has 0 saturated heterocycles. The Labute approximate surface area is 179 Å². The first-order chi connectivity index (χ1) is 14.6. The maximum Gasteiger partial charge on any atom is 0.343 e. The van der Waals surface area contributed by atoms with Gasteiger partial charge in [0.15, 0.2) is 28.9 Å². The highest BCUT2D eigenvalue weighted by Crippen LogP contribution is 2.35. The van der Waals surface area contributed by atoms with Crippen molar-refractivity contribution in [2.24, 2.45) is 0 Å². The Morgan fingerprint density at radius 1 is 0.774 bits per heavy atom. The van der Waals surface area contributed by atoms with Crippen LogP contribution in [0.5, 0.6) is 11.5 Å². The SMILES string of the molecule is COc1ccc(C(C)(C)c2ccc(OC(=O)c3ccc(C(C)=O)cc3)c(F)c2)cc1F. The highest BCUT2D eigenvalue weighted by molar-refractivity contribution is 5.96. The van der Waals surface area contributed by atoms with E-state index in [1.807, 2.05) is 13.8 Å². The molecule has 0 N–H and O–H groups in total. The van der Waals surface area contributed by atoms with Gasteiger partial charge in [-0.2, -0.15) is 0 Å². The maximum atomic E-state index is 14.7. The molecule has 0 amide bonds. The normalized spacial score (nSPS) is 11.2. The van der Waals surface area contributed by atoms with Gasteiger partial charge in [-0.1, -0.05) is 38.1 Å². The molecule has 0 aliphatic heterocycles. The van der Waals surface area contributed by atoms with Crippen LogP contribution in [0.3, 0.4) is 0 Å². The van der Waals surface area contributed by atoms with Gasteiger partial charge >= 0.3 is 5.97 Å². The van der Waals surface area contributed by atoms with Gasteiger partial charge in [0.05, 0.1) is 12.7 Å². The topological polar surface area (TPSA) is 52.6 Å². The van der Waals surface area contributed by atoms with Crippen LogP contribution in [0.4, 0.5) is 8.78 Å². The number of hydrogen-bond donors (Lipinski definition) is 0. The van der Waals surface area contributed by atoms with Gasteiger partial charge in [-0.05, 0) is 54.4 Å². The molecule has 6 heteroatoms.